The van der Waals surface area contributed by atoms with Gasteiger partial charge in [-0.15, -0.1) is 0 Å². The van der Waals surface area contributed by atoms with E-state index in [-0.39, 0.29) is 22.5 Å². The Morgan fingerprint density at radius 1 is 1.03 bits per heavy atom. The van der Waals surface area contributed by atoms with E-state index in [1.807, 2.05) is 0 Å². The molecule has 0 radical (unpaired) electrons. The molecule has 182 valence electrons. The van der Waals surface area contributed by atoms with Crippen LogP contribution in [0.5, 0.6) is 0 Å². The lowest BCUT2D eigenvalue weighted by Gasteiger charge is -2.58. The highest BCUT2D eigenvalue weighted by Gasteiger charge is 2.59. The molecule has 3 fully saturated rings. The molecule has 3 saturated carbocycles. The summed E-state index contributed by atoms with van der Waals surface area (Å²) in [4.78, 5) is 12.7. The van der Waals surface area contributed by atoms with E-state index in [1.165, 1.54) is 5.57 Å². The predicted molar refractivity (Wildman–Crippen MR) is 110 cm³/mol. The summed E-state index contributed by atoms with van der Waals surface area (Å²) >= 11 is 0. The first-order chi connectivity index (χ1) is 14.7. The Morgan fingerprint density at radius 3 is 2.41 bits per heavy atom. The van der Waals surface area contributed by atoms with E-state index in [1.54, 1.807) is 0 Å². The topological polar surface area (TPSA) is 150 Å². The molecule has 4 aliphatic rings. The van der Waals surface area contributed by atoms with E-state index in [9.17, 15) is 30.7 Å². The molecule has 0 heterocycles. The Labute approximate surface area is 189 Å². The second kappa shape index (κ2) is 8.13. The van der Waals surface area contributed by atoms with Crippen LogP contribution in [0.15, 0.2) is 11.6 Å². The highest BCUT2D eigenvalue weighted by Crippen LogP contribution is 2.66. The molecule has 0 aromatic rings. The monoisotopic (exact) mass is 490 g/mol. The van der Waals surface area contributed by atoms with Crippen molar-refractivity contribution in [1.29, 1.82) is 0 Å². The van der Waals surface area contributed by atoms with Gasteiger partial charge in [0.2, 0.25) is 20.8 Å². The third kappa shape index (κ3) is 4.44. The Bertz CT molecular complexity index is 1020. The van der Waals surface area contributed by atoms with Crippen LogP contribution in [0.25, 0.3) is 0 Å². The molecule has 9 nitrogen and oxygen atoms in total. The lowest BCUT2D eigenvalue weighted by atomic mass is 9.47. The number of carbonyl (C=O) groups excluding carboxylic acids is 1. The summed E-state index contributed by atoms with van der Waals surface area (Å²) < 4.78 is 74.4. The predicted octanol–water partition coefficient (Wildman–Crippen LogP) is 2.46. The quantitative estimate of drug-likeness (QED) is 0.311. The van der Waals surface area contributed by atoms with Gasteiger partial charge in [-0.25, -0.2) is 16.8 Å². The van der Waals surface area contributed by atoms with Crippen molar-refractivity contribution in [3.63, 3.8) is 0 Å². The van der Waals surface area contributed by atoms with Crippen molar-refractivity contribution < 1.29 is 39.1 Å². The highest BCUT2D eigenvalue weighted by molar-refractivity contribution is 7.81. The van der Waals surface area contributed by atoms with E-state index in [4.69, 9.17) is 4.18 Å². The van der Waals surface area contributed by atoms with Crippen molar-refractivity contribution in [2.24, 2.45) is 34.5 Å². The maximum Gasteiger partial charge on any atom is 0.218 e. The van der Waals surface area contributed by atoms with Gasteiger partial charge in [-0.1, -0.05) is 25.5 Å². The van der Waals surface area contributed by atoms with Crippen LogP contribution in [0.1, 0.15) is 65.2 Å². The minimum absolute atomic E-state index is 0.0847. The van der Waals surface area contributed by atoms with E-state index in [0.29, 0.717) is 37.0 Å². The molecule has 0 saturated heterocycles. The number of allylic oxidation sites excluding steroid dienone is 1. The fourth-order valence-corrected chi connectivity index (χ4v) is 8.39. The first-order valence-corrected chi connectivity index (χ1v) is 13.9. The van der Waals surface area contributed by atoms with Gasteiger partial charge in [0.15, 0.2) is 5.78 Å². The standard InChI is InChI=1S/C21H32O9S2/c1-20-9-7-14(30-32(26,27)28)11-13(20)3-4-15-16-5-6-18(19(22)12-29-31(23,24)25)21(16,2)10-8-17(15)20/h3,14-18H,4-12H2,1-2H3,(H,23,24,25)(H,26,27,28)/p-2/t14-,15-,16-,17-,18+,20-,21-/m0/s1. The molecule has 0 aromatic heterocycles. The Hall–Kier alpha value is -0.850. The highest BCUT2D eigenvalue weighted by atomic mass is 32.3. The molecule has 0 spiro atoms. The smallest absolute Gasteiger partial charge is 0.218 e. The SMILES string of the molecule is C[C@]12CC[C@H]3[C@@H](CC=C4C[C@@H](OS(=O)(=O)[O-])CC[C@@]43C)[C@@H]1CC[C@@H]2C(=O)COS(=O)(=O)[O-]. The summed E-state index contributed by atoms with van der Waals surface area (Å²) in [5.41, 5.74) is 0.827. The second-order valence-electron chi connectivity index (χ2n) is 10.4. The number of carbonyl (C=O) groups is 1. The van der Waals surface area contributed by atoms with Crippen molar-refractivity contribution in [3.05, 3.63) is 11.6 Å². The van der Waals surface area contributed by atoms with Gasteiger partial charge in [0.1, 0.15) is 6.61 Å². The van der Waals surface area contributed by atoms with Gasteiger partial charge in [0, 0.05) is 5.92 Å². The first-order valence-electron chi connectivity index (χ1n) is 11.2. The summed E-state index contributed by atoms with van der Waals surface area (Å²) in [6, 6.07) is 0. The molecule has 32 heavy (non-hydrogen) atoms. The van der Waals surface area contributed by atoms with Crippen LogP contribution in [0.2, 0.25) is 0 Å². The lowest BCUT2D eigenvalue weighted by molar-refractivity contribution is -0.131. The van der Waals surface area contributed by atoms with Crippen molar-refractivity contribution in [2.45, 2.75) is 71.3 Å². The maximum atomic E-state index is 12.7. The lowest BCUT2D eigenvalue weighted by Crippen LogP contribution is -2.51. The van der Waals surface area contributed by atoms with E-state index >= 15 is 0 Å². The maximum absolute atomic E-state index is 12.7. The van der Waals surface area contributed by atoms with Crippen molar-refractivity contribution in [2.75, 3.05) is 6.61 Å². The zero-order chi connectivity index (χ0) is 23.5. The van der Waals surface area contributed by atoms with Crippen molar-refractivity contribution in [1.82, 2.24) is 0 Å². The van der Waals surface area contributed by atoms with E-state index in [2.05, 4.69) is 24.1 Å². The molecule has 0 unspecified atom stereocenters. The average molecular weight is 491 g/mol. The number of hydrogen-bond donors (Lipinski definition) is 0. The summed E-state index contributed by atoms with van der Waals surface area (Å²) in [7, 11) is -9.63. The molecule has 0 aliphatic heterocycles. The summed E-state index contributed by atoms with van der Waals surface area (Å²) in [6.07, 6.45) is 7.41. The molecular weight excluding hydrogens is 460 g/mol. The number of fused-ring (bicyclic) bond motifs is 5. The van der Waals surface area contributed by atoms with Crippen LogP contribution in [-0.4, -0.2) is 44.4 Å². The Morgan fingerprint density at radius 2 is 1.75 bits per heavy atom. The third-order valence-electron chi connectivity index (χ3n) is 9.05. The average Bonchev–Trinajstić information content (AvgIpc) is 3.02. The van der Waals surface area contributed by atoms with Crippen LogP contribution in [0.4, 0.5) is 0 Å². The van der Waals surface area contributed by atoms with Gasteiger partial charge < -0.3 is 9.11 Å². The first kappa shape index (κ1) is 24.3. The molecular formula is C21H30O9S2-2. The van der Waals surface area contributed by atoms with Gasteiger partial charge in [-0.3, -0.25) is 13.2 Å². The second-order valence-corrected chi connectivity index (χ2v) is 12.5. The summed E-state index contributed by atoms with van der Waals surface area (Å²) in [5.74, 6) is 0.453. The van der Waals surface area contributed by atoms with Crippen LogP contribution in [0, 0.1) is 34.5 Å². The van der Waals surface area contributed by atoms with Gasteiger partial charge in [-0.05, 0) is 80.0 Å². The van der Waals surface area contributed by atoms with Gasteiger partial charge in [-0.2, -0.15) is 0 Å². The molecule has 0 amide bonds. The minimum atomic E-state index is -4.90. The Kier molecular flexibility index (Phi) is 6.17. The molecule has 7 atom stereocenters. The minimum Gasteiger partial charge on any atom is -0.726 e. The van der Waals surface area contributed by atoms with Crippen LogP contribution < -0.4 is 0 Å². The normalized spacial score (nSPS) is 41.9. The van der Waals surface area contributed by atoms with Crippen molar-refractivity contribution >= 4 is 26.6 Å². The van der Waals surface area contributed by atoms with Gasteiger partial charge in [0.25, 0.3) is 0 Å². The van der Waals surface area contributed by atoms with Crippen molar-refractivity contribution in [3.8, 4) is 0 Å². The zero-order valence-electron chi connectivity index (χ0n) is 18.3. The zero-order valence-corrected chi connectivity index (χ0v) is 20.0. The number of hydrogen-bond acceptors (Lipinski definition) is 9. The Balaban J connectivity index is 1.51. The van der Waals surface area contributed by atoms with Gasteiger partial charge >= 0.3 is 0 Å². The molecule has 11 heteroatoms. The fraction of sp³-hybridized carbons (Fsp3) is 0.857. The largest absolute Gasteiger partial charge is 0.726 e. The number of Topliss-reactive ketones (excluding diaryl/α,β-unsaturated/α-hetero) is 1. The summed E-state index contributed by atoms with van der Waals surface area (Å²) in [5, 5.41) is 0. The van der Waals surface area contributed by atoms with Gasteiger partial charge in [0.05, 0.1) is 6.10 Å². The van der Waals surface area contributed by atoms with E-state index in [0.717, 1.165) is 32.1 Å². The fourth-order valence-electron chi connectivity index (χ4n) is 7.64. The number of rotatable bonds is 6. The van der Waals surface area contributed by atoms with Crippen LogP contribution >= 0.6 is 0 Å². The third-order valence-corrected chi connectivity index (χ3v) is 9.96. The molecule has 0 aromatic carbocycles. The van der Waals surface area contributed by atoms with Crippen LogP contribution in [0.3, 0.4) is 0 Å². The molecule has 0 bridgehead atoms. The van der Waals surface area contributed by atoms with E-state index < -0.39 is 33.5 Å². The molecule has 4 rings (SSSR count). The summed E-state index contributed by atoms with van der Waals surface area (Å²) in [6.45, 7) is 3.64. The molecule has 0 N–H and O–H groups in total. The van der Waals surface area contributed by atoms with Crippen LogP contribution in [-0.2, 0) is 34.0 Å². The molecule has 4 aliphatic carbocycles. The number of ketones is 1.